The summed E-state index contributed by atoms with van der Waals surface area (Å²) in [5, 5.41) is 10.2. The van der Waals surface area contributed by atoms with E-state index in [9.17, 15) is 10.1 Å². The fourth-order valence-electron chi connectivity index (χ4n) is 0.799. The van der Waals surface area contributed by atoms with Crippen molar-refractivity contribution in [3.63, 3.8) is 0 Å². The predicted molar refractivity (Wildman–Crippen MR) is 40.4 cm³/mol. The molecule has 54 valence electrons. The Bertz CT molecular complexity index is 267. The maximum atomic E-state index is 10.2. The van der Waals surface area contributed by atoms with Gasteiger partial charge in [0.2, 0.25) is 0 Å². The molecule has 1 rings (SSSR count). The van der Waals surface area contributed by atoms with Crippen molar-refractivity contribution >= 4 is 17.0 Å². The number of nitro groups is 1. The predicted octanol–water partition coefficient (Wildman–Crippen LogP) is 2.27. The van der Waals surface area contributed by atoms with Crippen LogP contribution in [0.3, 0.4) is 0 Å². The molecule has 1 heterocycles. The molecule has 0 unspecified atom stereocenters. The fourth-order valence-corrected chi connectivity index (χ4v) is 1.69. The number of nitrogens with zero attached hydrogens (tertiary/aromatic N) is 1. The lowest BCUT2D eigenvalue weighted by atomic mass is 10.4. The second-order valence-corrected chi connectivity index (χ2v) is 3.52. The maximum Gasteiger partial charge on any atom is 0.283 e. The van der Waals surface area contributed by atoms with Crippen molar-refractivity contribution in [2.75, 3.05) is 0 Å². The van der Waals surface area contributed by atoms with Crippen molar-refractivity contribution in [2.24, 2.45) is 0 Å². The minimum Gasteiger partial charge on any atom is -0.258 e. The summed E-state index contributed by atoms with van der Waals surface area (Å²) in [6, 6.07) is 1.60. The molecule has 0 atom stereocenters. The van der Waals surface area contributed by atoms with Gasteiger partial charge in [0, 0.05) is 10.9 Å². The van der Waals surface area contributed by atoms with Crippen LogP contribution in [0.15, 0.2) is 6.07 Å². The number of hydrogen-bond donors (Lipinski definition) is 0. The summed E-state index contributed by atoms with van der Waals surface area (Å²) in [4.78, 5) is 11.7. The standard InChI is InChI=1S/C6H7NO2S/c1-4-3-6(7(8)9)5(2)10-4/h3H,1-2H3. The van der Waals surface area contributed by atoms with E-state index in [0.29, 0.717) is 0 Å². The highest BCUT2D eigenvalue weighted by Crippen LogP contribution is 2.26. The molecule has 0 aliphatic heterocycles. The van der Waals surface area contributed by atoms with Gasteiger partial charge < -0.3 is 0 Å². The van der Waals surface area contributed by atoms with E-state index in [2.05, 4.69) is 0 Å². The van der Waals surface area contributed by atoms with Crippen LogP contribution in [0.5, 0.6) is 0 Å². The van der Waals surface area contributed by atoms with Crippen molar-refractivity contribution in [3.05, 3.63) is 25.9 Å². The molecule has 1 aromatic heterocycles. The summed E-state index contributed by atoms with van der Waals surface area (Å²) in [6.07, 6.45) is 0. The van der Waals surface area contributed by atoms with Crippen LogP contribution in [0.1, 0.15) is 9.75 Å². The van der Waals surface area contributed by atoms with Crippen LogP contribution >= 0.6 is 11.3 Å². The van der Waals surface area contributed by atoms with Crippen molar-refractivity contribution in [2.45, 2.75) is 13.8 Å². The van der Waals surface area contributed by atoms with Gasteiger partial charge in [0.25, 0.3) is 5.69 Å². The third-order valence-corrected chi connectivity index (χ3v) is 2.17. The third kappa shape index (κ3) is 1.16. The normalized spacial score (nSPS) is 9.80. The highest BCUT2D eigenvalue weighted by Gasteiger charge is 2.12. The molecule has 0 aromatic carbocycles. The van der Waals surface area contributed by atoms with E-state index >= 15 is 0 Å². The molecule has 0 radical (unpaired) electrons. The van der Waals surface area contributed by atoms with Gasteiger partial charge in [-0.2, -0.15) is 0 Å². The Balaban J connectivity index is 3.15. The quantitative estimate of drug-likeness (QED) is 0.463. The third-order valence-electron chi connectivity index (χ3n) is 1.21. The molecule has 0 aliphatic rings. The second kappa shape index (κ2) is 2.38. The number of thiophene rings is 1. The molecule has 4 heteroatoms. The van der Waals surface area contributed by atoms with Crippen LogP contribution in [0, 0.1) is 24.0 Å². The largest absolute Gasteiger partial charge is 0.283 e. The zero-order valence-corrected chi connectivity index (χ0v) is 6.57. The Kier molecular flexibility index (Phi) is 1.72. The molecule has 0 bridgehead atoms. The van der Waals surface area contributed by atoms with E-state index in [-0.39, 0.29) is 10.6 Å². The van der Waals surface area contributed by atoms with Gasteiger partial charge in [0.15, 0.2) is 0 Å². The molecule has 1 aromatic rings. The van der Waals surface area contributed by atoms with Crippen LogP contribution in [0.2, 0.25) is 0 Å². The van der Waals surface area contributed by atoms with Gasteiger partial charge in [0.05, 0.1) is 9.80 Å². The fraction of sp³-hybridized carbons (Fsp3) is 0.333. The molecular weight excluding hydrogens is 150 g/mol. The average molecular weight is 157 g/mol. The molecule has 0 saturated heterocycles. The van der Waals surface area contributed by atoms with Crippen LogP contribution in [0.25, 0.3) is 0 Å². The van der Waals surface area contributed by atoms with E-state index in [1.54, 1.807) is 13.0 Å². The van der Waals surface area contributed by atoms with Gasteiger partial charge >= 0.3 is 0 Å². The van der Waals surface area contributed by atoms with E-state index in [1.165, 1.54) is 11.3 Å². The van der Waals surface area contributed by atoms with Crippen LogP contribution in [0.4, 0.5) is 5.69 Å². The Morgan fingerprint density at radius 1 is 1.60 bits per heavy atom. The van der Waals surface area contributed by atoms with Crippen LogP contribution < -0.4 is 0 Å². The first-order valence-electron chi connectivity index (χ1n) is 2.82. The monoisotopic (exact) mass is 157 g/mol. The summed E-state index contributed by atoms with van der Waals surface area (Å²) in [5.41, 5.74) is 0.238. The summed E-state index contributed by atoms with van der Waals surface area (Å²) in [5.74, 6) is 0. The summed E-state index contributed by atoms with van der Waals surface area (Å²) in [6.45, 7) is 3.63. The zero-order chi connectivity index (χ0) is 7.72. The maximum absolute atomic E-state index is 10.2. The van der Waals surface area contributed by atoms with Gasteiger partial charge in [-0.25, -0.2) is 0 Å². The highest BCUT2D eigenvalue weighted by atomic mass is 32.1. The number of aryl methyl sites for hydroxylation is 2. The average Bonchev–Trinajstić information content (AvgIpc) is 2.10. The lowest BCUT2D eigenvalue weighted by Gasteiger charge is -1.83. The molecule has 0 spiro atoms. The van der Waals surface area contributed by atoms with E-state index in [4.69, 9.17) is 0 Å². The highest BCUT2D eigenvalue weighted by molar-refractivity contribution is 7.12. The zero-order valence-electron chi connectivity index (χ0n) is 5.75. The van der Waals surface area contributed by atoms with E-state index in [1.807, 2.05) is 6.92 Å². The van der Waals surface area contributed by atoms with Crippen molar-refractivity contribution in [1.82, 2.24) is 0 Å². The van der Waals surface area contributed by atoms with Gasteiger partial charge in [-0.05, 0) is 13.8 Å². The minimum absolute atomic E-state index is 0.238. The Hall–Kier alpha value is -0.900. The molecular formula is C6H7NO2S. The smallest absolute Gasteiger partial charge is 0.258 e. The van der Waals surface area contributed by atoms with Crippen molar-refractivity contribution < 1.29 is 4.92 Å². The first-order chi connectivity index (χ1) is 4.61. The topological polar surface area (TPSA) is 43.1 Å². The molecule has 0 saturated carbocycles. The van der Waals surface area contributed by atoms with Crippen molar-refractivity contribution in [1.29, 1.82) is 0 Å². The molecule has 10 heavy (non-hydrogen) atoms. The van der Waals surface area contributed by atoms with E-state index in [0.717, 1.165) is 9.75 Å². The summed E-state index contributed by atoms with van der Waals surface area (Å²) < 4.78 is 0. The van der Waals surface area contributed by atoms with Gasteiger partial charge in [-0.15, -0.1) is 11.3 Å². The molecule has 3 nitrogen and oxygen atoms in total. The Morgan fingerprint density at radius 2 is 2.20 bits per heavy atom. The van der Waals surface area contributed by atoms with E-state index < -0.39 is 0 Å². The molecule has 0 fully saturated rings. The van der Waals surface area contributed by atoms with Crippen LogP contribution in [-0.2, 0) is 0 Å². The van der Waals surface area contributed by atoms with Gasteiger partial charge in [-0.1, -0.05) is 0 Å². The van der Waals surface area contributed by atoms with Gasteiger partial charge in [0.1, 0.15) is 0 Å². The second-order valence-electron chi connectivity index (χ2n) is 2.06. The Labute approximate surface area is 62.5 Å². The van der Waals surface area contributed by atoms with Crippen molar-refractivity contribution in [3.8, 4) is 0 Å². The van der Waals surface area contributed by atoms with Gasteiger partial charge in [-0.3, -0.25) is 10.1 Å². The number of hydrogen-bond acceptors (Lipinski definition) is 3. The Morgan fingerprint density at radius 3 is 2.40 bits per heavy atom. The lowest BCUT2D eigenvalue weighted by molar-refractivity contribution is -0.385. The SMILES string of the molecule is Cc1cc([N+](=O)[O-])c(C)s1. The molecule has 0 amide bonds. The number of rotatable bonds is 1. The first kappa shape index (κ1) is 7.21. The minimum atomic E-state index is -0.348. The molecule has 0 N–H and O–H groups in total. The lowest BCUT2D eigenvalue weighted by Crippen LogP contribution is -1.85. The summed E-state index contributed by atoms with van der Waals surface area (Å²) in [7, 11) is 0. The van der Waals surface area contributed by atoms with Crippen LogP contribution in [-0.4, -0.2) is 4.92 Å². The molecule has 0 aliphatic carbocycles. The first-order valence-corrected chi connectivity index (χ1v) is 3.64. The summed E-state index contributed by atoms with van der Waals surface area (Å²) >= 11 is 1.46.